The van der Waals surface area contributed by atoms with Crippen LogP contribution in [-0.2, 0) is 0 Å². The van der Waals surface area contributed by atoms with Crippen molar-refractivity contribution in [2.75, 3.05) is 13.2 Å². The Morgan fingerprint density at radius 3 is 1.54 bits per heavy atom. The largest absolute Gasteiger partial charge is 0.494 e. The van der Waals surface area contributed by atoms with E-state index in [1.807, 2.05) is 0 Å². The molecule has 2 aromatic carbocycles. The van der Waals surface area contributed by atoms with Crippen LogP contribution in [0.25, 0.3) is 11.1 Å². The van der Waals surface area contributed by atoms with Gasteiger partial charge in [0.05, 0.1) is 6.61 Å². The minimum Gasteiger partial charge on any atom is -0.494 e. The van der Waals surface area contributed by atoms with Crippen LogP contribution in [0.2, 0.25) is 0 Å². The molecule has 0 aliphatic heterocycles. The fourth-order valence-corrected chi connectivity index (χ4v) is 6.44. The Bertz CT molecular complexity index is 835. The van der Waals surface area contributed by atoms with Crippen LogP contribution in [0.4, 0.5) is 0 Å². The van der Waals surface area contributed by atoms with Crippen molar-refractivity contribution in [1.29, 1.82) is 0 Å². The molecule has 39 heavy (non-hydrogen) atoms. The number of benzene rings is 2. The fraction of sp³-hybridized carbons (Fsp3) is 0.676. The molecule has 1 saturated carbocycles. The van der Waals surface area contributed by atoms with Gasteiger partial charge in [0.2, 0.25) is 0 Å². The first-order chi connectivity index (χ1) is 19.3. The summed E-state index contributed by atoms with van der Waals surface area (Å²) < 4.78 is 6.03. The molecule has 2 nitrogen and oxygen atoms in total. The van der Waals surface area contributed by atoms with Gasteiger partial charge in [0, 0.05) is 0 Å². The number of nitrogens with two attached hydrogens (primary N) is 1. The summed E-state index contributed by atoms with van der Waals surface area (Å²) in [5.41, 5.74) is 9.67. The van der Waals surface area contributed by atoms with Crippen LogP contribution in [0.3, 0.4) is 0 Å². The Labute approximate surface area is 241 Å². The van der Waals surface area contributed by atoms with E-state index in [0.29, 0.717) is 0 Å². The van der Waals surface area contributed by atoms with Crippen molar-refractivity contribution in [3.8, 4) is 16.9 Å². The summed E-state index contributed by atoms with van der Waals surface area (Å²) in [6.45, 7) is 4.01. The van der Waals surface area contributed by atoms with E-state index in [-0.39, 0.29) is 0 Å². The molecule has 1 aliphatic carbocycles. The molecule has 2 heteroatoms. The van der Waals surface area contributed by atoms with Crippen molar-refractivity contribution in [3.63, 3.8) is 0 Å². The first-order valence-corrected chi connectivity index (χ1v) is 16.8. The minimum atomic E-state index is 0.764. The molecular formula is C37H59NO. The number of unbranched alkanes of at least 4 members (excludes halogenated alkanes) is 13. The van der Waals surface area contributed by atoms with Gasteiger partial charge in [0.1, 0.15) is 5.75 Å². The first kappa shape index (κ1) is 31.7. The maximum atomic E-state index is 6.03. The van der Waals surface area contributed by atoms with Crippen molar-refractivity contribution in [2.24, 2.45) is 11.7 Å². The molecule has 218 valence electrons. The third-order valence-corrected chi connectivity index (χ3v) is 8.98. The number of rotatable bonds is 21. The van der Waals surface area contributed by atoms with Crippen molar-refractivity contribution in [2.45, 2.75) is 141 Å². The second-order valence-corrected chi connectivity index (χ2v) is 12.2. The predicted molar refractivity (Wildman–Crippen MR) is 171 cm³/mol. The molecule has 0 atom stereocenters. The Morgan fingerprint density at radius 1 is 0.590 bits per heavy atom. The topological polar surface area (TPSA) is 35.2 Å². The van der Waals surface area contributed by atoms with Crippen LogP contribution >= 0.6 is 0 Å². The highest BCUT2D eigenvalue weighted by atomic mass is 16.5. The predicted octanol–water partition coefficient (Wildman–Crippen LogP) is 11.2. The average Bonchev–Trinajstić information content (AvgIpc) is 2.98. The summed E-state index contributed by atoms with van der Waals surface area (Å²) in [4.78, 5) is 0. The molecule has 0 amide bonds. The molecule has 0 aromatic heterocycles. The smallest absolute Gasteiger partial charge is 0.119 e. The average molecular weight is 534 g/mol. The van der Waals surface area contributed by atoms with Gasteiger partial charge in [-0.15, -0.1) is 0 Å². The monoisotopic (exact) mass is 533 g/mol. The highest BCUT2D eigenvalue weighted by Gasteiger charge is 2.21. The zero-order valence-corrected chi connectivity index (χ0v) is 25.3. The van der Waals surface area contributed by atoms with E-state index in [4.69, 9.17) is 10.5 Å². The molecule has 1 aliphatic rings. The number of ether oxygens (including phenoxy) is 1. The number of hydrogen-bond acceptors (Lipinski definition) is 2. The van der Waals surface area contributed by atoms with Gasteiger partial charge in [-0.3, -0.25) is 0 Å². The lowest BCUT2D eigenvalue weighted by Gasteiger charge is -2.28. The SMILES string of the molecule is CCCC1CCC(c2ccc(-c3ccc(OCCCCCCCCCCCCCCCCN)cc3)cc2)CC1. The lowest BCUT2D eigenvalue weighted by molar-refractivity contribution is 0.304. The summed E-state index contributed by atoms with van der Waals surface area (Å²) in [5, 5.41) is 0. The van der Waals surface area contributed by atoms with E-state index in [1.54, 1.807) is 0 Å². The second-order valence-electron chi connectivity index (χ2n) is 12.2. The molecule has 0 bridgehead atoms. The summed E-state index contributed by atoms with van der Waals surface area (Å²) in [6, 6.07) is 18.1. The lowest BCUT2D eigenvalue weighted by atomic mass is 9.77. The van der Waals surface area contributed by atoms with Crippen molar-refractivity contribution >= 4 is 0 Å². The van der Waals surface area contributed by atoms with Crippen LogP contribution in [0.15, 0.2) is 48.5 Å². The van der Waals surface area contributed by atoms with Gasteiger partial charge in [-0.25, -0.2) is 0 Å². The minimum absolute atomic E-state index is 0.764. The van der Waals surface area contributed by atoms with Gasteiger partial charge in [0.15, 0.2) is 0 Å². The van der Waals surface area contributed by atoms with Gasteiger partial charge in [-0.2, -0.15) is 0 Å². The van der Waals surface area contributed by atoms with Gasteiger partial charge in [0.25, 0.3) is 0 Å². The van der Waals surface area contributed by atoms with E-state index in [2.05, 4.69) is 55.5 Å². The highest BCUT2D eigenvalue weighted by molar-refractivity contribution is 5.64. The normalized spacial score (nSPS) is 17.4. The first-order valence-electron chi connectivity index (χ1n) is 16.8. The molecule has 2 aromatic rings. The molecule has 3 rings (SSSR count). The van der Waals surface area contributed by atoms with Crippen LogP contribution in [-0.4, -0.2) is 13.2 Å². The third-order valence-electron chi connectivity index (χ3n) is 8.98. The molecule has 0 saturated heterocycles. The third kappa shape index (κ3) is 12.9. The van der Waals surface area contributed by atoms with Gasteiger partial charge < -0.3 is 10.5 Å². The molecule has 0 spiro atoms. The van der Waals surface area contributed by atoms with Crippen LogP contribution < -0.4 is 10.5 Å². The summed E-state index contributed by atoms with van der Waals surface area (Å²) in [6.07, 6.45) is 27.3. The van der Waals surface area contributed by atoms with Gasteiger partial charge >= 0.3 is 0 Å². The van der Waals surface area contributed by atoms with E-state index < -0.39 is 0 Å². The van der Waals surface area contributed by atoms with Crippen LogP contribution in [0, 0.1) is 5.92 Å². The zero-order valence-electron chi connectivity index (χ0n) is 25.3. The van der Waals surface area contributed by atoms with Gasteiger partial charge in [-0.1, -0.05) is 133 Å². The van der Waals surface area contributed by atoms with Crippen molar-refractivity contribution < 1.29 is 4.74 Å². The standard InChI is InChI=1S/C37H59NO/c1-2-17-32-18-20-33(21-19-32)34-22-24-35(25-23-34)36-26-28-37(29-27-36)39-31-16-14-12-10-8-6-4-3-5-7-9-11-13-15-30-38/h22-29,32-33H,2-21,30-31,38H2,1H3. The Morgan fingerprint density at radius 2 is 1.05 bits per heavy atom. The van der Waals surface area contributed by atoms with Gasteiger partial charge in [-0.05, 0) is 85.7 Å². The summed E-state index contributed by atoms with van der Waals surface area (Å²) >= 11 is 0. The lowest BCUT2D eigenvalue weighted by Crippen LogP contribution is -2.13. The molecule has 1 fully saturated rings. The summed E-state index contributed by atoms with van der Waals surface area (Å²) in [5.74, 6) is 2.74. The maximum Gasteiger partial charge on any atom is 0.119 e. The van der Waals surface area contributed by atoms with Crippen molar-refractivity contribution in [3.05, 3.63) is 54.1 Å². The Kier molecular flexibility index (Phi) is 16.4. The quantitative estimate of drug-likeness (QED) is 0.162. The Balaban J connectivity index is 1.19. The zero-order chi connectivity index (χ0) is 27.4. The van der Waals surface area contributed by atoms with E-state index in [1.165, 1.54) is 139 Å². The Hall–Kier alpha value is -1.80. The van der Waals surface area contributed by atoms with E-state index in [0.717, 1.165) is 37.2 Å². The van der Waals surface area contributed by atoms with E-state index >= 15 is 0 Å². The molecule has 2 N–H and O–H groups in total. The molecule has 0 unspecified atom stereocenters. The van der Waals surface area contributed by atoms with Crippen LogP contribution in [0.1, 0.15) is 147 Å². The highest BCUT2D eigenvalue weighted by Crippen LogP contribution is 2.38. The van der Waals surface area contributed by atoms with E-state index in [9.17, 15) is 0 Å². The summed E-state index contributed by atoms with van der Waals surface area (Å²) in [7, 11) is 0. The van der Waals surface area contributed by atoms with Crippen molar-refractivity contribution in [1.82, 2.24) is 0 Å². The molecule has 0 heterocycles. The van der Waals surface area contributed by atoms with Crippen LogP contribution in [0.5, 0.6) is 5.75 Å². The maximum absolute atomic E-state index is 6.03. The second kappa shape index (κ2) is 20.1. The molecule has 0 radical (unpaired) electrons. The number of hydrogen-bond donors (Lipinski definition) is 1. The fourth-order valence-electron chi connectivity index (χ4n) is 6.44. The molecular weight excluding hydrogens is 474 g/mol.